The Kier molecular flexibility index (Phi) is 3.01. The molecule has 1 aromatic rings. The molecule has 0 aromatic heterocycles. The van der Waals surface area contributed by atoms with Crippen LogP contribution in [0.25, 0.3) is 0 Å². The molecule has 1 atom stereocenters. The molecule has 1 heterocycles. The van der Waals surface area contributed by atoms with Crippen molar-refractivity contribution in [2.45, 2.75) is 25.4 Å². The lowest BCUT2D eigenvalue weighted by molar-refractivity contribution is 0.0272. The number of morpholine rings is 1. The summed E-state index contributed by atoms with van der Waals surface area (Å²) >= 11 is 3.61. The monoisotopic (exact) mass is 281 g/mol. The van der Waals surface area contributed by atoms with Crippen LogP contribution < -0.4 is 5.32 Å². The molecule has 2 nitrogen and oxygen atoms in total. The predicted molar refractivity (Wildman–Crippen MR) is 67.7 cm³/mol. The molecule has 0 spiro atoms. The van der Waals surface area contributed by atoms with Crippen LogP contribution in [-0.2, 0) is 17.6 Å². The zero-order valence-corrected chi connectivity index (χ0v) is 10.8. The van der Waals surface area contributed by atoms with Gasteiger partial charge in [-0.1, -0.05) is 15.9 Å². The molecule has 0 bridgehead atoms. The molecule has 16 heavy (non-hydrogen) atoms. The highest BCUT2D eigenvalue weighted by Crippen LogP contribution is 2.34. The highest BCUT2D eigenvalue weighted by molar-refractivity contribution is 9.10. The van der Waals surface area contributed by atoms with Crippen molar-refractivity contribution in [1.82, 2.24) is 5.32 Å². The summed E-state index contributed by atoms with van der Waals surface area (Å²) in [6.07, 6.45) is 3.98. The molecule has 2 aliphatic rings. The van der Waals surface area contributed by atoms with Crippen molar-refractivity contribution in [3.8, 4) is 0 Å². The van der Waals surface area contributed by atoms with E-state index in [0.717, 1.165) is 19.7 Å². The van der Waals surface area contributed by atoms with Crippen LogP contribution in [0.5, 0.6) is 0 Å². The van der Waals surface area contributed by atoms with E-state index < -0.39 is 0 Å². The van der Waals surface area contributed by atoms with Crippen molar-refractivity contribution in [1.29, 1.82) is 0 Å². The lowest BCUT2D eigenvalue weighted by Gasteiger charge is -2.26. The Labute approximate surface area is 105 Å². The summed E-state index contributed by atoms with van der Waals surface area (Å²) < 4.78 is 7.05. The molecular formula is C13H16BrNO. The third kappa shape index (κ3) is 1.92. The molecule has 3 heteroatoms. The largest absolute Gasteiger partial charge is 0.371 e. The molecule has 1 N–H and O–H groups in total. The van der Waals surface area contributed by atoms with E-state index in [1.54, 1.807) is 0 Å². The van der Waals surface area contributed by atoms with E-state index in [4.69, 9.17) is 4.74 Å². The van der Waals surface area contributed by atoms with Gasteiger partial charge < -0.3 is 10.1 Å². The summed E-state index contributed by atoms with van der Waals surface area (Å²) in [5.41, 5.74) is 4.45. The summed E-state index contributed by atoms with van der Waals surface area (Å²) in [5, 5.41) is 3.40. The minimum absolute atomic E-state index is 0.248. The van der Waals surface area contributed by atoms with Gasteiger partial charge in [-0.25, -0.2) is 0 Å². The van der Waals surface area contributed by atoms with Gasteiger partial charge in [0.05, 0.1) is 12.7 Å². The van der Waals surface area contributed by atoms with Crippen LogP contribution in [0.3, 0.4) is 0 Å². The van der Waals surface area contributed by atoms with Gasteiger partial charge in [0.15, 0.2) is 0 Å². The van der Waals surface area contributed by atoms with Crippen molar-refractivity contribution in [2.24, 2.45) is 0 Å². The van der Waals surface area contributed by atoms with Crippen molar-refractivity contribution in [2.75, 3.05) is 19.7 Å². The standard InChI is InChI=1S/C13H16BrNO/c14-10-6-9-2-1-3-11(9)12(7-10)13-8-15-4-5-16-13/h6-7,13,15H,1-5,8H2. The molecule has 1 aliphatic heterocycles. The third-order valence-electron chi connectivity index (χ3n) is 3.49. The maximum Gasteiger partial charge on any atom is 0.0953 e. The number of benzene rings is 1. The maximum atomic E-state index is 5.86. The lowest BCUT2D eigenvalue weighted by atomic mass is 9.98. The van der Waals surface area contributed by atoms with E-state index in [-0.39, 0.29) is 6.10 Å². The highest BCUT2D eigenvalue weighted by Gasteiger charge is 2.23. The quantitative estimate of drug-likeness (QED) is 0.855. The van der Waals surface area contributed by atoms with E-state index in [9.17, 15) is 0 Å². The van der Waals surface area contributed by atoms with Gasteiger partial charge in [-0.05, 0) is 48.1 Å². The Morgan fingerprint density at radius 3 is 3.06 bits per heavy atom. The molecule has 0 saturated carbocycles. The van der Waals surface area contributed by atoms with E-state index in [1.807, 2.05) is 0 Å². The molecule has 0 radical (unpaired) electrons. The number of fused-ring (bicyclic) bond motifs is 1. The number of hydrogen-bond acceptors (Lipinski definition) is 2. The molecule has 1 fully saturated rings. The number of rotatable bonds is 1. The second-order valence-electron chi connectivity index (χ2n) is 4.55. The molecule has 0 amide bonds. The van der Waals surface area contributed by atoms with E-state index in [0.29, 0.717) is 0 Å². The summed E-state index contributed by atoms with van der Waals surface area (Å²) in [4.78, 5) is 0. The van der Waals surface area contributed by atoms with E-state index >= 15 is 0 Å². The maximum absolute atomic E-state index is 5.86. The first-order chi connectivity index (χ1) is 7.84. The molecule has 1 aromatic carbocycles. The van der Waals surface area contributed by atoms with Gasteiger partial charge in [-0.15, -0.1) is 0 Å². The Balaban J connectivity index is 1.99. The van der Waals surface area contributed by atoms with Crippen molar-refractivity contribution >= 4 is 15.9 Å². The molecule has 1 saturated heterocycles. The number of hydrogen-bond donors (Lipinski definition) is 1. The molecule has 1 aliphatic carbocycles. The van der Waals surface area contributed by atoms with E-state index in [2.05, 4.69) is 33.4 Å². The topological polar surface area (TPSA) is 21.3 Å². The van der Waals surface area contributed by atoms with Gasteiger partial charge in [-0.3, -0.25) is 0 Å². The first kappa shape index (κ1) is 10.8. The average Bonchev–Trinajstić information content (AvgIpc) is 2.77. The van der Waals surface area contributed by atoms with Gasteiger partial charge in [0.25, 0.3) is 0 Å². The van der Waals surface area contributed by atoms with Crippen LogP contribution in [0.4, 0.5) is 0 Å². The van der Waals surface area contributed by atoms with Crippen molar-refractivity contribution in [3.05, 3.63) is 33.3 Å². The number of halogens is 1. The van der Waals surface area contributed by atoms with Gasteiger partial charge in [-0.2, -0.15) is 0 Å². The third-order valence-corrected chi connectivity index (χ3v) is 3.95. The Hall–Kier alpha value is -0.380. The van der Waals surface area contributed by atoms with Gasteiger partial charge >= 0.3 is 0 Å². The zero-order chi connectivity index (χ0) is 11.0. The molecule has 86 valence electrons. The minimum Gasteiger partial charge on any atom is -0.371 e. The fourth-order valence-electron chi connectivity index (χ4n) is 2.75. The Bertz CT molecular complexity index is 399. The first-order valence-electron chi connectivity index (χ1n) is 5.98. The molecule has 1 unspecified atom stereocenters. The van der Waals surface area contributed by atoms with Crippen LogP contribution in [-0.4, -0.2) is 19.7 Å². The smallest absolute Gasteiger partial charge is 0.0953 e. The van der Waals surface area contributed by atoms with Crippen LogP contribution in [0.1, 0.15) is 29.2 Å². The van der Waals surface area contributed by atoms with E-state index in [1.165, 1.54) is 40.4 Å². The van der Waals surface area contributed by atoms with Crippen molar-refractivity contribution in [3.63, 3.8) is 0 Å². The minimum atomic E-state index is 0.248. The fourth-order valence-corrected chi connectivity index (χ4v) is 3.28. The number of nitrogens with one attached hydrogen (secondary N) is 1. The SMILES string of the molecule is Brc1cc2c(c(C3CNCCO3)c1)CCC2. The van der Waals surface area contributed by atoms with Gasteiger partial charge in [0.2, 0.25) is 0 Å². The summed E-state index contributed by atoms with van der Waals surface area (Å²) in [5.74, 6) is 0. The predicted octanol–water partition coefficient (Wildman–Crippen LogP) is 2.60. The number of ether oxygens (including phenoxy) is 1. The van der Waals surface area contributed by atoms with Crippen molar-refractivity contribution < 1.29 is 4.74 Å². The fraction of sp³-hybridized carbons (Fsp3) is 0.538. The molecular weight excluding hydrogens is 266 g/mol. The lowest BCUT2D eigenvalue weighted by Crippen LogP contribution is -2.33. The first-order valence-corrected chi connectivity index (χ1v) is 6.77. The summed E-state index contributed by atoms with van der Waals surface area (Å²) in [6.45, 7) is 2.75. The average molecular weight is 282 g/mol. The van der Waals surface area contributed by atoms with Crippen LogP contribution in [0.15, 0.2) is 16.6 Å². The van der Waals surface area contributed by atoms with Crippen LogP contribution in [0, 0.1) is 0 Å². The second kappa shape index (κ2) is 4.47. The van der Waals surface area contributed by atoms with Gasteiger partial charge in [0, 0.05) is 17.6 Å². The normalized spacial score (nSPS) is 24.4. The van der Waals surface area contributed by atoms with Crippen LogP contribution in [0.2, 0.25) is 0 Å². The second-order valence-corrected chi connectivity index (χ2v) is 5.47. The number of aryl methyl sites for hydroxylation is 1. The summed E-state index contributed by atoms with van der Waals surface area (Å²) in [7, 11) is 0. The van der Waals surface area contributed by atoms with Crippen LogP contribution >= 0.6 is 15.9 Å². The molecule has 3 rings (SSSR count). The Morgan fingerprint density at radius 1 is 1.31 bits per heavy atom. The zero-order valence-electron chi connectivity index (χ0n) is 9.26. The van der Waals surface area contributed by atoms with Gasteiger partial charge in [0.1, 0.15) is 0 Å². The Morgan fingerprint density at radius 2 is 2.25 bits per heavy atom. The highest BCUT2D eigenvalue weighted by atomic mass is 79.9. The summed E-state index contributed by atoms with van der Waals surface area (Å²) in [6, 6.07) is 4.50.